The minimum absolute atomic E-state index is 0.0445. The fourth-order valence-corrected chi connectivity index (χ4v) is 3.78. The molecule has 0 saturated heterocycles. The van der Waals surface area contributed by atoms with Gasteiger partial charge in [0.1, 0.15) is 10.3 Å². The molecule has 6 heteroatoms. The molecule has 24 heavy (non-hydrogen) atoms. The van der Waals surface area contributed by atoms with E-state index >= 15 is 0 Å². The second kappa shape index (κ2) is 7.83. The van der Waals surface area contributed by atoms with Crippen molar-refractivity contribution in [2.24, 2.45) is 0 Å². The summed E-state index contributed by atoms with van der Waals surface area (Å²) in [6, 6.07) is 18.2. The third-order valence-electron chi connectivity index (χ3n) is 3.73. The molecule has 0 amide bonds. The largest absolute Gasteiger partial charge is 0.225 e. The number of hydrogen-bond donors (Lipinski definition) is 0. The first-order valence-corrected chi connectivity index (χ1v) is 9.15. The quantitative estimate of drug-likeness (QED) is 0.337. The van der Waals surface area contributed by atoms with Crippen molar-refractivity contribution in [2.45, 2.75) is 12.3 Å². The summed E-state index contributed by atoms with van der Waals surface area (Å²) in [6.45, 7) is 0. The van der Waals surface area contributed by atoms with Gasteiger partial charge in [0.05, 0.1) is 0 Å². The lowest BCUT2D eigenvalue weighted by Gasteiger charge is -2.20. The Kier molecular flexibility index (Phi) is 5.77. The SMILES string of the molecule is Clc1nc(Cl)c(C(Cc2ccccc2)c2ccc(Br)cc2)c(Cl)n1. The van der Waals surface area contributed by atoms with Crippen LogP contribution >= 0.6 is 50.7 Å². The summed E-state index contributed by atoms with van der Waals surface area (Å²) in [7, 11) is 0. The van der Waals surface area contributed by atoms with Crippen LogP contribution in [0.1, 0.15) is 22.6 Å². The first-order chi connectivity index (χ1) is 11.5. The molecule has 0 spiro atoms. The Balaban J connectivity index is 2.10. The first kappa shape index (κ1) is 17.7. The van der Waals surface area contributed by atoms with Crippen molar-refractivity contribution in [3.05, 3.63) is 91.4 Å². The molecule has 2 aromatic carbocycles. The van der Waals surface area contributed by atoms with Gasteiger partial charge in [-0.05, 0) is 41.3 Å². The number of halogens is 4. The van der Waals surface area contributed by atoms with E-state index in [1.807, 2.05) is 42.5 Å². The highest BCUT2D eigenvalue weighted by Gasteiger charge is 2.23. The minimum atomic E-state index is -0.0715. The van der Waals surface area contributed by atoms with Crippen molar-refractivity contribution in [3.8, 4) is 0 Å². The summed E-state index contributed by atoms with van der Waals surface area (Å²) >= 11 is 22.0. The van der Waals surface area contributed by atoms with E-state index in [0.717, 1.165) is 16.5 Å². The summed E-state index contributed by atoms with van der Waals surface area (Å²) in [6.07, 6.45) is 0.729. The Morgan fingerprint density at radius 3 is 2.00 bits per heavy atom. The summed E-state index contributed by atoms with van der Waals surface area (Å²) in [5.41, 5.74) is 2.94. The predicted molar refractivity (Wildman–Crippen MR) is 103 cm³/mol. The molecule has 0 saturated carbocycles. The number of nitrogens with zero attached hydrogens (tertiary/aromatic N) is 2. The molecule has 0 fully saturated rings. The van der Waals surface area contributed by atoms with Crippen LogP contribution in [0.3, 0.4) is 0 Å². The summed E-state index contributed by atoms with van der Waals surface area (Å²) < 4.78 is 1.01. The van der Waals surface area contributed by atoms with Crippen molar-refractivity contribution in [1.82, 2.24) is 9.97 Å². The Morgan fingerprint density at radius 1 is 0.833 bits per heavy atom. The predicted octanol–water partition coefficient (Wildman–Crippen LogP) is 6.57. The molecule has 2 nitrogen and oxygen atoms in total. The summed E-state index contributed by atoms with van der Waals surface area (Å²) in [5, 5.41) is 0.607. The Morgan fingerprint density at radius 2 is 1.42 bits per heavy atom. The van der Waals surface area contributed by atoms with Crippen LogP contribution in [0, 0.1) is 0 Å². The van der Waals surface area contributed by atoms with Crippen molar-refractivity contribution < 1.29 is 0 Å². The molecule has 0 bridgehead atoms. The topological polar surface area (TPSA) is 25.8 Å². The van der Waals surface area contributed by atoms with Gasteiger partial charge in [0.15, 0.2) is 0 Å². The first-order valence-electron chi connectivity index (χ1n) is 7.22. The van der Waals surface area contributed by atoms with Gasteiger partial charge < -0.3 is 0 Å². The lowest BCUT2D eigenvalue weighted by atomic mass is 9.87. The van der Waals surface area contributed by atoms with Gasteiger partial charge in [-0.15, -0.1) is 0 Å². The van der Waals surface area contributed by atoms with Gasteiger partial charge in [0.25, 0.3) is 0 Å². The van der Waals surface area contributed by atoms with Crippen molar-refractivity contribution >= 4 is 50.7 Å². The molecule has 0 aliphatic heterocycles. The lowest BCUT2D eigenvalue weighted by molar-refractivity contribution is 0.792. The van der Waals surface area contributed by atoms with Gasteiger partial charge in [0, 0.05) is 16.0 Å². The van der Waals surface area contributed by atoms with Gasteiger partial charge >= 0.3 is 0 Å². The van der Waals surface area contributed by atoms with E-state index < -0.39 is 0 Å². The van der Waals surface area contributed by atoms with Crippen LogP contribution in [-0.2, 0) is 6.42 Å². The monoisotopic (exact) mass is 440 g/mol. The molecule has 0 aliphatic carbocycles. The van der Waals surface area contributed by atoms with E-state index in [1.165, 1.54) is 5.56 Å². The van der Waals surface area contributed by atoms with Crippen molar-refractivity contribution in [2.75, 3.05) is 0 Å². The average Bonchev–Trinajstić information content (AvgIpc) is 2.55. The second-order valence-corrected chi connectivity index (χ2v) is 7.25. The van der Waals surface area contributed by atoms with Crippen LogP contribution < -0.4 is 0 Å². The van der Waals surface area contributed by atoms with E-state index in [-0.39, 0.29) is 21.5 Å². The van der Waals surface area contributed by atoms with Crippen LogP contribution in [0.2, 0.25) is 15.6 Å². The van der Waals surface area contributed by atoms with Gasteiger partial charge in [-0.2, -0.15) is 0 Å². The zero-order chi connectivity index (χ0) is 17.1. The standard InChI is InChI=1S/C18H12BrCl3N2/c19-13-8-6-12(7-9-13)14(10-11-4-2-1-3-5-11)15-16(20)23-18(22)24-17(15)21/h1-9,14H,10H2. The Bertz CT molecular complexity index is 816. The number of aromatic nitrogens is 2. The third kappa shape index (κ3) is 4.09. The maximum Gasteiger partial charge on any atom is 0.225 e. The van der Waals surface area contributed by atoms with Gasteiger partial charge in [-0.1, -0.05) is 81.6 Å². The van der Waals surface area contributed by atoms with Crippen molar-refractivity contribution in [1.29, 1.82) is 0 Å². The van der Waals surface area contributed by atoms with Gasteiger partial charge in [-0.25, -0.2) is 9.97 Å². The Hall–Kier alpha value is -1.13. The molecule has 1 heterocycles. The maximum atomic E-state index is 6.35. The van der Waals surface area contributed by atoms with Crippen LogP contribution in [0.25, 0.3) is 0 Å². The van der Waals surface area contributed by atoms with Crippen LogP contribution in [0.5, 0.6) is 0 Å². The molecular formula is C18H12BrCl3N2. The average molecular weight is 443 g/mol. The molecular weight excluding hydrogens is 430 g/mol. The highest BCUT2D eigenvalue weighted by Crippen LogP contribution is 2.37. The number of rotatable bonds is 4. The normalized spacial score (nSPS) is 12.2. The molecule has 0 N–H and O–H groups in total. The molecule has 1 aromatic heterocycles. The lowest BCUT2D eigenvalue weighted by Crippen LogP contribution is -2.09. The van der Waals surface area contributed by atoms with Gasteiger partial charge in [0.2, 0.25) is 5.28 Å². The fourth-order valence-electron chi connectivity index (χ4n) is 2.61. The van der Waals surface area contributed by atoms with E-state index in [0.29, 0.717) is 5.56 Å². The second-order valence-electron chi connectivity index (χ2n) is 5.28. The zero-order valence-corrected chi connectivity index (χ0v) is 16.2. The molecule has 1 atom stereocenters. The van der Waals surface area contributed by atoms with E-state index in [1.54, 1.807) is 0 Å². The van der Waals surface area contributed by atoms with Crippen LogP contribution in [0.4, 0.5) is 0 Å². The molecule has 3 rings (SSSR count). The van der Waals surface area contributed by atoms with Gasteiger partial charge in [-0.3, -0.25) is 0 Å². The fraction of sp³-hybridized carbons (Fsp3) is 0.111. The highest BCUT2D eigenvalue weighted by molar-refractivity contribution is 9.10. The highest BCUT2D eigenvalue weighted by atomic mass is 79.9. The zero-order valence-electron chi connectivity index (χ0n) is 12.4. The maximum absolute atomic E-state index is 6.35. The molecule has 0 radical (unpaired) electrons. The van der Waals surface area contributed by atoms with Crippen LogP contribution in [0.15, 0.2) is 59.1 Å². The number of benzene rings is 2. The molecule has 0 aliphatic rings. The number of hydrogen-bond acceptors (Lipinski definition) is 2. The smallest absolute Gasteiger partial charge is 0.206 e. The third-order valence-corrected chi connectivity index (χ3v) is 5.00. The summed E-state index contributed by atoms with van der Waals surface area (Å²) in [4.78, 5) is 8.13. The van der Waals surface area contributed by atoms with Crippen molar-refractivity contribution in [3.63, 3.8) is 0 Å². The summed E-state index contributed by atoms with van der Waals surface area (Å²) in [5.74, 6) is -0.0715. The molecule has 1 unspecified atom stereocenters. The minimum Gasteiger partial charge on any atom is -0.206 e. The Labute approximate surface area is 163 Å². The van der Waals surface area contributed by atoms with Crippen LogP contribution in [-0.4, -0.2) is 9.97 Å². The van der Waals surface area contributed by atoms with E-state index in [2.05, 4.69) is 38.0 Å². The van der Waals surface area contributed by atoms with E-state index in [4.69, 9.17) is 34.8 Å². The van der Waals surface area contributed by atoms with E-state index in [9.17, 15) is 0 Å². The molecule has 3 aromatic rings. The molecule has 122 valence electrons.